The highest BCUT2D eigenvalue weighted by atomic mass is 16.5. The highest BCUT2D eigenvalue weighted by Crippen LogP contribution is 2.29. The Labute approximate surface area is 94.2 Å². The molecular weight excluding hydrogens is 208 g/mol. The molecule has 1 aromatic rings. The van der Waals surface area contributed by atoms with Gasteiger partial charge in [0.05, 0.1) is 0 Å². The smallest absolute Gasteiger partial charge is 0.308 e. The largest absolute Gasteiger partial charge is 0.426 e. The third kappa shape index (κ3) is 2.82. The first kappa shape index (κ1) is 12.2. The Morgan fingerprint density at radius 2 is 1.19 bits per heavy atom. The summed E-state index contributed by atoms with van der Waals surface area (Å²) in [5, 5.41) is 0. The second kappa shape index (κ2) is 4.79. The Morgan fingerprint density at radius 3 is 1.44 bits per heavy atom. The van der Waals surface area contributed by atoms with Gasteiger partial charge in [-0.3, -0.25) is 9.59 Å². The van der Waals surface area contributed by atoms with Crippen molar-refractivity contribution in [1.82, 2.24) is 0 Å². The van der Waals surface area contributed by atoms with Crippen LogP contribution >= 0.6 is 0 Å². The number of carbonyl (C=O) groups excluding carboxylic acids is 2. The highest BCUT2D eigenvalue weighted by Gasteiger charge is 2.10. The van der Waals surface area contributed by atoms with Crippen molar-refractivity contribution in [3.63, 3.8) is 0 Å². The molecule has 0 atom stereocenters. The van der Waals surface area contributed by atoms with Crippen molar-refractivity contribution in [3.8, 4) is 11.5 Å². The average Bonchev–Trinajstić information content (AvgIpc) is 2.16. The number of hydrogen-bond acceptors (Lipinski definition) is 4. The molecule has 1 rings (SSSR count). The summed E-state index contributed by atoms with van der Waals surface area (Å²) < 4.78 is 10.0. The fourth-order valence-electron chi connectivity index (χ4n) is 1.30. The van der Waals surface area contributed by atoms with Gasteiger partial charge in [0, 0.05) is 13.8 Å². The van der Waals surface area contributed by atoms with Gasteiger partial charge in [0.25, 0.3) is 0 Å². The van der Waals surface area contributed by atoms with E-state index < -0.39 is 0 Å². The van der Waals surface area contributed by atoms with Crippen LogP contribution in [0.4, 0.5) is 0 Å². The molecule has 1 aromatic carbocycles. The van der Waals surface area contributed by atoms with Gasteiger partial charge in [-0.15, -0.1) is 0 Å². The van der Waals surface area contributed by atoms with Crippen LogP contribution in [0.2, 0.25) is 0 Å². The van der Waals surface area contributed by atoms with E-state index in [1.165, 1.54) is 13.8 Å². The van der Waals surface area contributed by atoms with Crippen molar-refractivity contribution in [1.29, 1.82) is 0 Å². The van der Waals surface area contributed by atoms with Crippen molar-refractivity contribution in [3.05, 3.63) is 23.3 Å². The fourth-order valence-corrected chi connectivity index (χ4v) is 1.30. The number of ether oxygens (including phenoxy) is 2. The van der Waals surface area contributed by atoms with Crippen LogP contribution < -0.4 is 9.47 Å². The number of esters is 2. The van der Waals surface area contributed by atoms with Crippen molar-refractivity contribution in [2.75, 3.05) is 0 Å². The molecule has 4 heteroatoms. The molecule has 0 saturated carbocycles. The van der Waals surface area contributed by atoms with E-state index in [1.807, 2.05) is 0 Å². The van der Waals surface area contributed by atoms with E-state index in [1.54, 1.807) is 26.0 Å². The minimum Gasteiger partial charge on any atom is -0.426 e. The van der Waals surface area contributed by atoms with E-state index in [2.05, 4.69) is 0 Å². The molecule has 0 aliphatic heterocycles. The summed E-state index contributed by atoms with van der Waals surface area (Å²) in [5.41, 5.74) is 1.57. The third-order valence-corrected chi connectivity index (χ3v) is 2.20. The summed E-state index contributed by atoms with van der Waals surface area (Å²) in [6.07, 6.45) is 0. The lowest BCUT2D eigenvalue weighted by Crippen LogP contribution is -2.06. The van der Waals surface area contributed by atoms with Crippen LogP contribution in [-0.4, -0.2) is 11.9 Å². The quantitative estimate of drug-likeness (QED) is 0.568. The van der Waals surface area contributed by atoms with Crippen molar-refractivity contribution in [2.24, 2.45) is 0 Å². The Kier molecular flexibility index (Phi) is 3.66. The first-order chi connectivity index (χ1) is 7.41. The molecular formula is C12H14O4. The molecule has 0 spiro atoms. The van der Waals surface area contributed by atoms with Gasteiger partial charge in [-0.2, -0.15) is 0 Å². The second-order valence-corrected chi connectivity index (χ2v) is 3.50. The number of hydrogen-bond donors (Lipinski definition) is 0. The maximum atomic E-state index is 10.8. The normalized spacial score (nSPS) is 9.75. The van der Waals surface area contributed by atoms with Crippen LogP contribution in [0.1, 0.15) is 25.0 Å². The van der Waals surface area contributed by atoms with E-state index in [4.69, 9.17) is 9.47 Å². The van der Waals surface area contributed by atoms with Crippen molar-refractivity contribution < 1.29 is 19.1 Å². The van der Waals surface area contributed by atoms with E-state index in [0.717, 1.165) is 11.1 Å². The number of benzene rings is 1. The van der Waals surface area contributed by atoms with Crippen molar-refractivity contribution in [2.45, 2.75) is 27.7 Å². The van der Waals surface area contributed by atoms with E-state index in [9.17, 15) is 9.59 Å². The molecule has 4 nitrogen and oxygen atoms in total. The van der Waals surface area contributed by atoms with Gasteiger partial charge < -0.3 is 9.47 Å². The minimum absolute atomic E-state index is 0.372. The van der Waals surface area contributed by atoms with E-state index >= 15 is 0 Å². The highest BCUT2D eigenvalue weighted by molar-refractivity contribution is 5.72. The first-order valence-corrected chi connectivity index (χ1v) is 4.89. The number of rotatable bonds is 2. The molecule has 86 valence electrons. The average molecular weight is 222 g/mol. The maximum Gasteiger partial charge on any atom is 0.308 e. The molecule has 0 bridgehead atoms. The molecule has 0 N–H and O–H groups in total. The molecule has 0 fully saturated rings. The summed E-state index contributed by atoms with van der Waals surface area (Å²) >= 11 is 0. The first-order valence-electron chi connectivity index (χ1n) is 4.89. The number of carbonyl (C=O) groups is 2. The van der Waals surface area contributed by atoms with Crippen LogP contribution in [-0.2, 0) is 9.59 Å². The molecule has 0 aromatic heterocycles. The van der Waals surface area contributed by atoms with Gasteiger partial charge in [0.2, 0.25) is 0 Å². The van der Waals surface area contributed by atoms with Gasteiger partial charge in [-0.1, -0.05) is 0 Å². The minimum atomic E-state index is -0.372. The maximum absolute atomic E-state index is 10.8. The van der Waals surface area contributed by atoms with Gasteiger partial charge in [-0.05, 0) is 37.1 Å². The Morgan fingerprint density at radius 1 is 0.875 bits per heavy atom. The summed E-state index contributed by atoms with van der Waals surface area (Å²) in [4.78, 5) is 21.7. The zero-order valence-corrected chi connectivity index (χ0v) is 9.79. The van der Waals surface area contributed by atoms with Crippen LogP contribution in [0, 0.1) is 13.8 Å². The monoisotopic (exact) mass is 222 g/mol. The van der Waals surface area contributed by atoms with Crippen LogP contribution in [0.5, 0.6) is 11.5 Å². The van der Waals surface area contributed by atoms with Gasteiger partial charge in [0.1, 0.15) is 11.5 Å². The predicted octanol–water partition coefficient (Wildman–Crippen LogP) is 2.15. The lowest BCUT2D eigenvalue weighted by Gasteiger charge is -2.11. The van der Waals surface area contributed by atoms with Gasteiger partial charge >= 0.3 is 11.9 Å². The van der Waals surface area contributed by atoms with E-state index in [-0.39, 0.29) is 11.9 Å². The van der Waals surface area contributed by atoms with E-state index in [0.29, 0.717) is 11.5 Å². The molecule has 16 heavy (non-hydrogen) atoms. The standard InChI is InChI=1S/C12H14O4/c1-7-8(2)12(16-10(4)14)6-5-11(7)15-9(3)13/h5-6H,1-4H3. The summed E-state index contributed by atoms with van der Waals surface area (Å²) in [5.74, 6) is 0.229. The van der Waals surface area contributed by atoms with Gasteiger partial charge in [-0.25, -0.2) is 0 Å². The topological polar surface area (TPSA) is 52.6 Å². The Bertz CT molecular complexity index is 394. The van der Waals surface area contributed by atoms with Crippen LogP contribution in [0.3, 0.4) is 0 Å². The Balaban J connectivity index is 3.07. The molecule has 0 aliphatic rings. The van der Waals surface area contributed by atoms with Gasteiger partial charge in [0.15, 0.2) is 0 Å². The second-order valence-electron chi connectivity index (χ2n) is 3.50. The molecule has 0 unspecified atom stereocenters. The molecule has 0 aliphatic carbocycles. The van der Waals surface area contributed by atoms with Crippen molar-refractivity contribution >= 4 is 11.9 Å². The summed E-state index contributed by atoms with van der Waals surface area (Å²) in [6, 6.07) is 3.23. The predicted molar refractivity (Wildman–Crippen MR) is 58.5 cm³/mol. The van der Waals surface area contributed by atoms with Crippen LogP contribution in [0.25, 0.3) is 0 Å². The lowest BCUT2D eigenvalue weighted by molar-refractivity contribution is -0.133. The summed E-state index contributed by atoms with van der Waals surface area (Å²) in [7, 11) is 0. The molecule has 0 radical (unpaired) electrons. The molecule has 0 heterocycles. The Hall–Kier alpha value is -1.84. The SMILES string of the molecule is CC(=O)Oc1ccc(OC(C)=O)c(C)c1C. The fraction of sp³-hybridized carbons (Fsp3) is 0.333. The molecule has 0 saturated heterocycles. The summed E-state index contributed by atoms with van der Waals surface area (Å²) in [6.45, 7) is 6.30. The lowest BCUT2D eigenvalue weighted by atomic mass is 10.1. The van der Waals surface area contributed by atoms with Crippen LogP contribution in [0.15, 0.2) is 12.1 Å². The zero-order valence-electron chi connectivity index (χ0n) is 9.79. The third-order valence-electron chi connectivity index (χ3n) is 2.20. The zero-order chi connectivity index (χ0) is 12.3. The molecule has 0 amide bonds.